The molecule has 0 aliphatic carbocycles. The van der Waals surface area contributed by atoms with Crippen molar-refractivity contribution in [3.8, 4) is 11.5 Å². The largest absolute Gasteiger partial charge is 0.505 e. The van der Waals surface area contributed by atoms with Gasteiger partial charge in [-0.1, -0.05) is 41.4 Å². The summed E-state index contributed by atoms with van der Waals surface area (Å²) in [5.74, 6) is 0.701. The van der Waals surface area contributed by atoms with Crippen LogP contribution in [0.4, 0.5) is 5.69 Å². The van der Waals surface area contributed by atoms with E-state index in [9.17, 15) is 5.11 Å². The zero-order chi connectivity index (χ0) is 14.7. The summed E-state index contributed by atoms with van der Waals surface area (Å²) >= 11 is 11.8. The lowest BCUT2D eigenvalue weighted by Crippen LogP contribution is -2.08. The standard InChI is InChI=1S/C15H15Cl2NO2/c1-9(11-5-3-4-6-14(11)20-2)18-10-7-12(16)15(19)13(17)8-10/h3-9,18-19H,1-2H3. The van der Waals surface area contributed by atoms with Crippen molar-refractivity contribution in [1.82, 2.24) is 0 Å². The van der Waals surface area contributed by atoms with E-state index in [4.69, 9.17) is 27.9 Å². The zero-order valence-electron chi connectivity index (χ0n) is 11.2. The van der Waals surface area contributed by atoms with E-state index < -0.39 is 0 Å². The Morgan fingerprint density at radius 3 is 2.35 bits per heavy atom. The molecule has 0 amide bonds. The van der Waals surface area contributed by atoms with Crippen molar-refractivity contribution < 1.29 is 9.84 Å². The Hall–Kier alpha value is -1.58. The Bertz CT molecular complexity index is 594. The van der Waals surface area contributed by atoms with Crippen LogP contribution in [-0.4, -0.2) is 12.2 Å². The normalized spacial score (nSPS) is 12.0. The quantitative estimate of drug-likeness (QED) is 0.791. The van der Waals surface area contributed by atoms with Crippen molar-refractivity contribution in [2.45, 2.75) is 13.0 Å². The first-order valence-electron chi connectivity index (χ1n) is 6.10. The third kappa shape index (κ3) is 3.11. The van der Waals surface area contributed by atoms with Gasteiger partial charge in [-0.3, -0.25) is 0 Å². The molecule has 106 valence electrons. The first-order valence-corrected chi connectivity index (χ1v) is 6.86. The summed E-state index contributed by atoms with van der Waals surface area (Å²) in [6.45, 7) is 2.01. The molecule has 2 N–H and O–H groups in total. The summed E-state index contributed by atoms with van der Waals surface area (Å²) in [5.41, 5.74) is 1.76. The molecule has 0 saturated carbocycles. The van der Waals surface area contributed by atoms with Crippen LogP contribution in [0.3, 0.4) is 0 Å². The molecule has 0 aliphatic rings. The molecule has 2 aromatic carbocycles. The fraction of sp³-hybridized carbons (Fsp3) is 0.200. The smallest absolute Gasteiger partial charge is 0.152 e. The Balaban J connectivity index is 2.25. The molecule has 1 atom stereocenters. The first-order chi connectivity index (χ1) is 9.52. The second-order valence-corrected chi connectivity index (χ2v) is 5.21. The van der Waals surface area contributed by atoms with Gasteiger partial charge in [0.15, 0.2) is 5.75 Å². The van der Waals surface area contributed by atoms with Crippen LogP contribution in [0.2, 0.25) is 10.0 Å². The maximum atomic E-state index is 9.55. The van der Waals surface area contributed by atoms with Gasteiger partial charge in [-0.2, -0.15) is 0 Å². The Labute approximate surface area is 128 Å². The Kier molecular flexibility index (Phi) is 4.63. The number of anilines is 1. The highest BCUT2D eigenvalue weighted by Crippen LogP contribution is 2.36. The van der Waals surface area contributed by atoms with Crippen LogP contribution < -0.4 is 10.1 Å². The van der Waals surface area contributed by atoms with E-state index in [0.717, 1.165) is 17.0 Å². The summed E-state index contributed by atoms with van der Waals surface area (Å²) in [6, 6.07) is 11.0. The van der Waals surface area contributed by atoms with Gasteiger partial charge in [0.2, 0.25) is 0 Å². The van der Waals surface area contributed by atoms with Crippen molar-refractivity contribution in [3.05, 3.63) is 52.0 Å². The van der Waals surface area contributed by atoms with E-state index in [0.29, 0.717) is 0 Å². The molecule has 5 heteroatoms. The average molecular weight is 312 g/mol. The molecule has 2 aromatic rings. The number of rotatable bonds is 4. The molecule has 3 nitrogen and oxygen atoms in total. The van der Waals surface area contributed by atoms with Crippen LogP contribution in [-0.2, 0) is 0 Å². The minimum Gasteiger partial charge on any atom is -0.505 e. The van der Waals surface area contributed by atoms with Crippen LogP contribution in [0.25, 0.3) is 0 Å². The van der Waals surface area contributed by atoms with Gasteiger partial charge in [-0.05, 0) is 25.1 Å². The monoisotopic (exact) mass is 311 g/mol. The van der Waals surface area contributed by atoms with E-state index in [2.05, 4.69) is 5.32 Å². The molecule has 0 aromatic heterocycles. The summed E-state index contributed by atoms with van der Waals surface area (Å²) in [5, 5.41) is 13.3. The molecule has 0 saturated heterocycles. The number of methoxy groups -OCH3 is 1. The van der Waals surface area contributed by atoms with Gasteiger partial charge < -0.3 is 15.2 Å². The number of ether oxygens (including phenoxy) is 1. The topological polar surface area (TPSA) is 41.5 Å². The van der Waals surface area contributed by atoms with Gasteiger partial charge >= 0.3 is 0 Å². The number of phenols is 1. The molecule has 0 fully saturated rings. The number of benzene rings is 2. The molecule has 0 aliphatic heterocycles. The lowest BCUT2D eigenvalue weighted by atomic mass is 10.1. The summed E-state index contributed by atoms with van der Waals surface area (Å²) in [6.07, 6.45) is 0. The highest BCUT2D eigenvalue weighted by Gasteiger charge is 2.12. The van der Waals surface area contributed by atoms with Gasteiger partial charge in [0.05, 0.1) is 23.2 Å². The number of halogens is 2. The lowest BCUT2D eigenvalue weighted by molar-refractivity contribution is 0.408. The number of phenolic OH excluding ortho intramolecular Hbond substituents is 1. The molecule has 2 rings (SSSR count). The minimum absolute atomic E-state index is 0.00262. The number of hydrogen-bond acceptors (Lipinski definition) is 3. The fourth-order valence-corrected chi connectivity index (χ4v) is 2.49. The molecular weight excluding hydrogens is 297 g/mol. The number of nitrogens with one attached hydrogen (secondary N) is 1. The second kappa shape index (κ2) is 6.25. The fourth-order valence-electron chi connectivity index (χ4n) is 2.00. The summed E-state index contributed by atoms with van der Waals surface area (Å²) < 4.78 is 5.34. The maximum Gasteiger partial charge on any atom is 0.152 e. The number of para-hydroxylation sites is 1. The third-order valence-corrected chi connectivity index (χ3v) is 3.58. The molecule has 0 radical (unpaired) electrons. The van der Waals surface area contributed by atoms with Crippen LogP contribution in [0.1, 0.15) is 18.5 Å². The van der Waals surface area contributed by atoms with Gasteiger partial charge in [0, 0.05) is 11.3 Å². The number of hydrogen-bond donors (Lipinski definition) is 2. The van der Waals surface area contributed by atoms with Crippen molar-refractivity contribution >= 4 is 28.9 Å². The van der Waals surface area contributed by atoms with E-state index in [1.165, 1.54) is 0 Å². The summed E-state index contributed by atoms with van der Waals surface area (Å²) in [7, 11) is 1.64. The van der Waals surface area contributed by atoms with E-state index >= 15 is 0 Å². The Morgan fingerprint density at radius 1 is 1.15 bits per heavy atom. The van der Waals surface area contributed by atoms with Crippen LogP contribution in [0, 0.1) is 0 Å². The molecule has 1 unspecified atom stereocenters. The van der Waals surface area contributed by atoms with Crippen molar-refractivity contribution in [3.63, 3.8) is 0 Å². The highest BCUT2D eigenvalue weighted by molar-refractivity contribution is 6.37. The van der Waals surface area contributed by atoms with Gasteiger partial charge in [0.25, 0.3) is 0 Å². The summed E-state index contributed by atoms with van der Waals surface area (Å²) in [4.78, 5) is 0. The molecule has 0 heterocycles. The maximum absolute atomic E-state index is 9.55. The van der Waals surface area contributed by atoms with Gasteiger partial charge in [0.1, 0.15) is 5.75 Å². The second-order valence-electron chi connectivity index (χ2n) is 4.40. The molecular formula is C15H15Cl2NO2. The minimum atomic E-state index is -0.108. The van der Waals surface area contributed by atoms with E-state index in [1.807, 2.05) is 31.2 Å². The predicted molar refractivity (Wildman–Crippen MR) is 83.2 cm³/mol. The SMILES string of the molecule is COc1ccccc1C(C)Nc1cc(Cl)c(O)c(Cl)c1. The number of aromatic hydroxyl groups is 1. The van der Waals surface area contributed by atoms with Gasteiger partial charge in [-0.25, -0.2) is 0 Å². The van der Waals surface area contributed by atoms with Crippen molar-refractivity contribution in [2.75, 3.05) is 12.4 Å². The van der Waals surface area contributed by atoms with Crippen LogP contribution in [0.15, 0.2) is 36.4 Å². The first kappa shape index (κ1) is 14.8. The molecule has 0 spiro atoms. The van der Waals surface area contributed by atoms with Crippen molar-refractivity contribution in [2.24, 2.45) is 0 Å². The van der Waals surface area contributed by atoms with Crippen molar-refractivity contribution in [1.29, 1.82) is 0 Å². The Morgan fingerprint density at radius 2 is 1.75 bits per heavy atom. The molecule has 20 heavy (non-hydrogen) atoms. The van der Waals surface area contributed by atoms with Crippen LogP contribution in [0.5, 0.6) is 11.5 Å². The zero-order valence-corrected chi connectivity index (χ0v) is 12.7. The highest BCUT2D eigenvalue weighted by atomic mass is 35.5. The lowest BCUT2D eigenvalue weighted by Gasteiger charge is -2.19. The van der Waals surface area contributed by atoms with Gasteiger partial charge in [-0.15, -0.1) is 0 Å². The van der Waals surface area contributed by atoms with E-state index in [-0.39, 0.29) is 21.8 Å². The third-order valence-electron chi connectivity index (χ3n) is 3.01. The van der Waals surface area contributed by atoms with Crippen LogP contribution >= 0.6 is 23.2 Å². The molecule has 0 bridgehead atoms. The average Bonchev–Trinajstić information content (AvgIpc) is 2.44. The van der Waals surface area contributed by atoms with E-state index in [1.54, 1.807) is 19.2 Å². The predicted octanol–water partition coefficient (Wildman–Crippen LogP) is 4.88.